The number of thiazole rings is 1. The third-order valence-electron chi connectivity index (χ3n) is 12.4. The van der Waals surface area contributed by atoms with Crippen LogP contribution in [-0.2, 0) is 52.7 Å². The summed E-state index contributed by atoms with van der Waals surface area (Å²) in [6.07, 6.45) is 5.14. The van der Waals surface area contributed by atoms with Gasteiger partial charge in [-0.3, -0.25) is 20.1 Å². The van der Waals surface area contributed by atoms with Crippen LogP contribution in [0.1, 0.15) is 103 Å². The lowest BCUT2D eigenvalue weighted by Crippen LogP contribution is -2.52. The van der Waals surface area contributed by atoms with Gasteiger partial charge in [-0.05, 0) is 97.0 Å². The fraction of sp³-hybridized carbons (Fsp3) is 0.583. The molecule has 3 aliphatic rings. The molecule has 16 nitrogen and oxygen atoms in total. The topological polar surface area (TPSA) is 178 Å². The summed E-state index contributed by atoms with van der Waals surface area (Å²) in [6.45, 7) is 20.7. The highest BCUT2D eigenvalue weighted by molar-refractivity contribution is 7.10. The number of aryl methyl sites for hydroxylation is 1. The predicted octanol–water partition coefficient (Wildman–Crippen LogP) is 6.73. The van der Waals surface area contributed by atoms with Crippen LogP contribution >= 0.6 is 11.3 Å². The van der Waals surface area contributed by atoms with Gasteiger partial charge in [0.2, 0.25) is 0 Å². The monoisotopic (exact) mass is 914 g/mol. The third kappa shape index (κ3) is 11.5. The van der Waals surface area contributed by atoms with Crippen LogP contribution in [0.3, 0.4) is 0 Å². The highest BCUT2D eigenvalue weighted by Crippen LogP contribution is 2.43. The Morgan fingerprint density at radius 3 is 2.55 bits per heavy atom. The summed E-state index contributed by atoms with van der Waals surface area (Å²) in [5, 5.41) is 6.13. The molecule has 7 rings (SSSR count). The molecule has 4 atom stereocenters. The summed E-state index contributed by atoms with van der Waals surface area (Å²) >= 11 is 1.34. The number of carbonyl (C=O) groups excluding carboxylic acids is 4. The fourth-order valence-corrected chi connectivity index (χ4v) is 10.00. The number of carbonyl (C=O) groups is 4. The normalized spacial score (nSPS) is 19.1. The van der Waals surface area contributed by atoms with Crippen LogP contribution in [-0.4, -0.2) is 114 Å². The molecule has 0 radical (unpaired) electrons. The molecule has 352 valence electrons. The first-order chi connectivity index (χ1) is 30.9. The average Bonchev–Trinajstić information content (AvgIpc) is 4.02. The smallest absolute Gasteiger partial charge is 0.408 e. The molecule has 1 amide bonds. The zero-order valence-electron chi connectivity index (χ0n) is 39.4. The van der Waals surface area contributed by atoms with E-state index in [0.29, 0.717) is 42.7 Å². The van der Waals surface area contributed by atoms with E-state index in [-0.39, 0.29) is 25.1 Å². The number of hydrogen-bond donors (Lipinski definition) is 3. The zero-order valence-corrected chi connectivity index (χ0v) is 40.2. The van der Waals surface area contributed by atoms with E-state index in [9.17, 15) is 19.2 Å². The number of nitrogens with one attached hydrogen (secondary N) is 3. The quantitative estimate of drug-likeness (QED) is 0.0650. The number of nitrogens with zero attached hydrogens (tertiary/aromatic N) is 5. The van der Waals surface area contributed by atoms with Crippen molar-refractivity contribution in [2.45, 2.75) is 130 Å². The van der Waals surface area contributed by atoms with Crippen molar-refractivity contribution in [1.82, 2.24) is 35.6 Å². The van der Waals surface area contributed by atoms with E-state index in [4.69, 9.17) is 28.9 Å². The van der Waals surface area contributed by atoms with Crippen molar-refractivity contribution in [3.63, 3.8) is 0 Å². The first kappa shape index (κ1) is 48.0. The number of alkyl carbamates (subject to hydrolysis) is 1. The van der Waals surface area contributed by atoms with Gasteiger partial charge in [0.1, 0.15) is 17.7 Å². The summed E-state index contributed by atoms with van der Waals surface area (Å²) in [5.41, 5.74) is 12.2. The van der Waals surface area contributed by atoms with Crippen LogP contribution in [0.15, 0.2) is 35.8 Å². The second-order valence-corrected chi connectivity index (χ2v) is 20.2. The van der Waals surface area contributed by atoms with E-state index in [1.807, 2.05) is 24.6 Å². The number of hydrazine groups is 1. The number of aromatic nitrogens is 3. The number of methoxy groups -OCH3 is 1. The van der Waals surface area contributed by atoms with Crippen molar-refractivity contribution >= 4 is 51.9 Å². The number of esters is 3. The van der Waals surface area contributed by atoms with Gasteiger partial charge in [0.15, 0.2) is 0 Å². The molecule has 0 spiro atoms. The second kappa shape index (κ2) is 20.3. The van der Waals surface area contributed by atoms with Gasteiger partial charge in [-0.15, -0.1) is 11.3 Å². The van der Waals surface area contributed by atoms with Crippen LogP contribution in [0.5, 0.6) is 0 Å². The Hall–Kier alpha value is -4.94. The van der Waals surface area contributed by atoms with Crippen LogP contribution in [0, 0.1) is 5.41 Å². The van der Waals surface area contributed by atoms with E-state index in [1.54, 1.807) is 27.9 Å². The number of pyridine rings is 1. The standard InChI is InChI=1S/C48H66N8O8S/c1-10-56-40-16-15-31(39-27-65-41(51-39)23-38(52-46(60)64-47(4,5)6)45(59)63-44(58)37-14-11-17-50-53-37)21-34(40)36(24-48(7,8)28-62-30(3)57)43(56)35-22-33(25-49-42(35)29(2)61-9)55-20-19-54-18-12-13-32(54)26-55/h15-16,21-22,25,27,29,32,37-38,50,53H,10-14,17-20,23-24,26,28H2,1-9H3,(H,52,60)/t29-,32+,37?,38-/m0/s1. The number of anilines is 1. The lowest BCUT2D eigenvalue weighted by atomic mass is 9.84. The molecule has 3 N–H and O–H groups in total. The van der Waals surface area contributed by atoms with Crippen molar-refractivity contribution in [3.05, 3.63) is 52.1 Å². The van der Waals surface area contributed by atoms with Crippen LogP contribution in [0.2, 0.25) is 0 Å². The van der Waals surface area contributed by atoms with E-state index >= 15 is 0 Å². The Morgan fingerprint density at radius 2 is 1.85 bits per heavy atom. The third-order valence-corrected chi connectivity index (χ3v) is 13.3. The number of fused-ring (bicyclic) bond motifs is 2. The first-order valence-electron chi connectivity index (χ1n) is 22.9. The van der Waals surface area contributed by atoms with Crippen LogP contribution in [0.4, 0.5) is 10.5 Å². The van der Waals surface area contributed by atoms with Gasteiger partial charge >= 0.3 is 24.0 Å². The van der Waals surface area contributed by atoms with E-state index < -0.39 is 41.1 Å². The van der Waals surface area contributed by atoms with E-state index in [2.05, 4.69) is 69.5 Å². The van der Waals surface area contributed by atoms with Gasteiger partial charge < -0.3 is 33.7 Å². The predicted molar refractivity (Wildman–Crippen MR) is 250 cm³/mol. The number of hydrogen-bond acceptors (Lipinski definition) is 15. The number of amides is 1. The van der Waals surface area contributed by atoms with Crippen molar-refractivity contribution in [2.75, 3.05) is 51.3 Å². The van der Waals surface area contributed by atoms with Crippen molar-refractivity contribution in [1.29, 1.82) is 0 Å². The van der Waals surface area contributed by atoms with Gasteiger partial charge in [-0.25, -0.2) is 24.8 Å². The Bertz CT molecular complexity index is 2370. The minimum absolute atomic E-state index is 0.0276. The Balaban J connectivity index is 1.27. The van der Waals surface area contributed by atoms with Crippen molar-refractivity contribution in [3.8, 4) is 22.5 Å². The lowest BCUT2D eigenvalue weighted by Gasteiger charge is -2.39. The summed E-state index contributed by atoms with van der Waals surface area (Å²) < 4.78 is 24.7. The second-order valence-electron chi connectivity index (χ2n) is 19.2. The van der Waals surface area contributed by atoms with Gasteiger partial charge in [-0.1, -0.05) is 19.9 Å². The summed E-state index contributed by atoms with van der Waals surface area (Å²) in [4.78, 5) is 66.8. The largest absolute Gasteiger partial charge is 0.465 e. The maximum Gasteiger partial charge on any atom is 0.408 e. The molecule has 1 aromatic carbocycles. The molecule has 17 heteroatoms. The molecular weight excluding hydrogens is 849 g/mol. The van der Waals surface area contributed by atoms with Gasteiger partial charge in [0.25, 0.3) is 0 Å². The highest BCUT2D eigenvalue weighted by atomic mass is 32.1. The van der Waals surface area contributed by atoms with Gasteiger partial charge in [0.05, 0.1) is 46.7 Å². The van der Waals surface area contributed by atoms with Crippen molar-refractivity contribution < 1.29 is 38.1 Å². The molecule has 6 heterocycles. The van der Waals surface area contributed by atoms with Gasteiger partial charge in [-0.2, -0.15) is 0 Å². The number of benzene rings is 1. The molecular formula is C48H66N8O8S. The minimum Gasteiger partial charge on any atom is -0.465 e. The lowest BCUT2D eigenvalue weighted by molar-refractivity contribution is -0.163. The van der Waals surface area contributed by atoms with E-state index in [1.165, 1.54) is 37.6 Å². The molecule has 0 aliphatic carbocycles. The first-order valence-corrected chi connectivity index (χ1v) is 23.8. The SMILES string of the molecule is CCn1c(-c2cc(N3CCN4CCC[C@@H]4C3)cnc2[C@H](C)OC)c(CC(C)(C)COC(C)=O)c2cc(-c3csc(C[C@H](NC(=O)OC(C)(C)C)C(=O)OC(=O)C4CCCNN4)n3)ccc21. The molecule has 65 heavy (non-hydrogen) atoms. The summed E-state index contributed by atoms with van der Waals surface area (Å²) in [6, 6.07) is 7.23. The zero-order chi connectivity index (χ0) is 46.6. The van der Waals surface area contributed by atoms with Crippen molar-refractivity contribution in [2.24, 2.45) is 5.41 Å². The molecule has 0 saturated carbocycles. The van der Waals surface area contributed by atoms with Gasteiger partial charge in [0, 0.05) is 92.0 Å². The summed E-state index contributed by atoms with van der Waals surface area (Å²) in [5.74, 6) is -1.95. The number of piperazine rings is 1. The average molecular weight is 915 g/mol. The molecule has 4 aromatic rings. The molecule has 3 aliphatic heterocycles. The minimum atomic E-state index is -1.24. The number of rotatable bonds is 15. The van der Waals surface area contributed by atoms with Crippen LogP contribution in [0.25, 0.3) is 33.4 Å². The number of ether oxygens (including phenoxy) is 4. The molecule has 3 aromatic heterocycles. The maximum absolute atomic E-state index is 13.5. The fourth-order valence-electron chi connectivity index (χ4n) is 9.15. The molecule has 3 saturated heterocycles. The maximum atomic E-state index is 13.5. The Kier molecular flexibility index (Phi) is 15.0. The highest BCUT2D eigenvalue weighted by Gasteiger charge is 2.35. The summed E-state index contributed by atoms with van der Waals surface area (Å²) in [7, 11) is 1.71. The molecule has 3 fully saturated rings. The molecule has 0 bridgehead atoms. The van der Waals surface area contributed by atoms with E-state index in [0.717, 1.165) is 70.7 Å². The Labute approximate surface area is 386 Å². The Morgan fingerprint density at radius 1 is 1.05 bits per heavy atom. The van der Waals surface area contributed by atoms with Crippen LogP contribution < -0.4 is 21.1 Å². The molecule has 1 unspecified atom stereocenters.